The molecule has 0 spiro atoms. The van der Waals surface area contributed by atoms with Crippen LogP contribution in [0.5, 0.6) is 0 Å². The summed E-state index contributed by atoms with van der Waals surface area (Å²) < 4.78 is 0. The Morgan fingerprint density at radius 3 is 2.90 bits per heavy atom. The maximum Gasteiger partial charge on any atom is 0.224 e. The Labute approximate surface area is 118 Å². The Morgan fingerprint density at radius 2 is 2.20 bits per heavy atom. The van der Waals surface area contributed by atoms with Gasteiger partial charge in [-0.05, 0) is 18.1 Å². The first-order valence-electron chi connectivity index (χ1n) is 6.82. The zero-order chi connectivity index (χ0) is 14.5. The van der Waals surface area contributed by atoms with Crippen LogP contribution in [0.25, 0.3) is 10.9 Å². The van der Waals surface area contributed by atoms with Gasteiger partial charge in [-0.25, -0.2) is 0 Å². The minimum absolute atomic E-state index is 0.0947. The molecule has 1 heterocycles. The third kappa shape index (κ3) is 3.18. The van der Waals surface area contributed by atoms with Crippen molar-refractivity contribution in [3.8, 4) is 0 Å². The molecule has 0 fully saturated rings. The number of nitrogens with one attached hydrogen (secondary N) is 2. The minimum atomic E-state index is -0.296. The summed E-state index contributed by atoms with van der Waals surface area (Å²) in [6.07, 6.45) is 2.51. The lowest BCUT2D eigenvalue weighted by atomic mass is 10.0. The molecule has 1 aromatic heterocycles. The lowest BCUT2D eigenvalue weighted by Gasteiger charge is -2.18. The van der Waals surface area contributed by atoms with Crippen molar-refractivity contribution in [1.29, 1.82) is 0 Å². The van der Waals surface area contributed by atoms with Gasteiger partial charge in [0.05, 0.1) is 12.6 Å². The normalized spacial score (nSPS) is 14.2. The highest BCUT2D eigenvalue weighted by molar-refractivity contribution is 5.83. The molecule has 0 radical (unpaired) electrons. The van der Waals surface area contributed by atoms with Gasteiger partial charge in [-0.15, -0.1) is 0 Å². The SMILES string of the molecule is C[C@H](CN)C(=O)NC(CO)Cc1c[nH]c2ccccc12. The van der Waals surface area contributed by atoms with E-state index >= 15 is 0 Å². The first-order valence-corrected chi connectivity index (χ1v) is 6.82. The molecule has 2 rings (SSSR count). The third-order valence-electron chi connectivity index (χ3n) is 3.51. The van der Waals surface area contributed by atoms with Crippen molar-refractivity contribution in [2.24, 2.45) is 11.7 Å². The van der Waals surface area contributed by atoms with E-state index < -0.39 is 0 Å². The number of H-pyrrole nitrogens is 1. The fraction of sp³-hybridized carbons (Fsp3) is 0.400. The van der Waals surface area contributed by atoms with Crippen LogP contribution in [-0.2, 0) is 11.2 Å². The number of aliphatic hydroxyl groups is 1. The lowest BCUT2D eigenvalue weighted by molar-refractivity contribution is -0.125. The van der Waals surface area contributed by atoms with Crippen LogP contribution >= 0.6 is 0 Å². The summed E-state index contributed by atoms with van der Waals surface area (Å²) in [7, 11) is 0. The van der Waals surface area contributed by atoms with Crippen molar-refractivity contribution in [2.75, 3.05) is 13.2 Å². The van der Waals surface area contributed by atoms with Crippen LogP contribution in [-0.4, -0.2) is 35.2 Å². The zero-order valence-corrected chi connectivity index (χ0v) is 11.6. The highest BCUT2D eigenvalue weighted by Gasteiger charge is 2.17. The molecule has 0 saturated carbocycles. The Balaban J connectivity index is 2.08. The second kappa shape index (κ2) is 6.54. The zero-order valence-electron chi connectivity index (χ0n) is 11.6. The minimum Gasteiger partial charge on any atom is -0.394 e. The highest BCUT2D eigenvalue weighted by atomic mass is 16.3. The van der Waals surface area contributed by atoms with Crippen LogP contribution in [0, 0.1) is 5.92 Å². The number of benzene rings is 1. The topological polar surface area (TPSA) is 91.1 Å². The van der Waals surface area contributed by atoms with Crippen LogP contribution in [0.3, 0.4) is 0 Å². The summed E-state index contributed by atoms with van der Waals surface area (Å²) in [4.78, 5) is 15.0. The maximum absolute atomic E-state index is 11.8. The van der Waals surface area contributed by atoms with E-state index in [1.807, 2.05) is 30.5 Å². The Hall–Kier alpha value is -1.85. The molecule has 0 bridgehead atoms. The van der Waals surface area contributed by atoms with Crippen molar-refractivity contribution in [2.45, 2.75) is 19.4 Å². The second-order valence-corrected chi connectivity index (χ2v) is 5.09. The smallest absolute Gasteiger partial charge is 0.224 e. The summed E-state index contributed by atoms with van der Waals surface area (Å²) in [5.41, 5.74) is 7.61. The summed E-state index contributed by atoms with van der Waals surface area (Å²) in [6.45, 7) is 1.98. The number of carbonyl (C=O) groups excluding carboxylic acids is 1. The number of fused-ring (bicyclic) bond motifs is 1. The number of rotatable bonds is 6. The molecule has 20 heavy (non-hydrogen) atoms. The average molecular weight is 275 g/mol. The molecule has 5 N–H and O–H groups in total. The van der Waals surface area contributed by atoms with Crippen molar-refractivity contribution in [3.05, 3.63) is 36.0 Å². The molecule has 0 aliphatic rings. The van der Waals surface area contributed by atoms with Crippen molar-refractivity contribution in [1.82, 2.24) is 10.3 Å². The Kier molecular flexibility index (Phi) is 4.76. The van der Waals surface area contributed by atoms with Gasteiger partial charge in [0, 0.05) is 29.6 Å². The van der Waals surface area contributed by atoms with E-state index in [-0.39, 0.29) is 24.5 Å². The largest absolute Gasteiger partial charge is 0.394 e. The van der Waals surface area contributed by atoms with Gasteiger partial charge in [0.2, 0.25) is 5.91 Å². The van der Waals surface area contributed by atoms with E-state index in [1.54, 1.807) is 6.92 Å². The highest BCUT2D eigenvalue weighted by Crippen LogP contribution is 2.19. The Bertz CT molecular complexity index is 579. The molecule has 0 saturated heterocycles. The molecule has 2 aromatic rings. The van der Waals surface area contributed by atoms with Gasteiger partial charge in [0.25, 0.3) is 0 Å². The van der Waals surface area contributed by atoms with Gasteiger partial charge in [0.15, 0.2) is 0 Å². The molecule has 1 amide bonds. The molecule has 108 valence electrons. The van der Waals surface area contributed by atoms with Gasteiger partial charge >= 0.3 is 0 Å². The van der Waals surface area contributed by atoms with E-state index in [4.69, 9.17) is 5.73 Å². The molecule has 2 atom stereocenters. The number of hydrogen-bond donors (Lipinski definition) is 4. The summed E-state index contributed by atoms with van der Waals surface area (Å²) >= 11 is 0. The van der Waals surface area contributed by atoms with Crippen LogP contribution in [0.15, 0.2) is 30.5 Å². The predicted octanol–water partition coefficient (Wildman–Crippen LogP) is 0.782. The number of aliphatic hydroxyl groups excluding tert-OH is 1. The molecular weight excluding hydrogens is 254 g/mol. The predicted molar refractivity (Wildman–Crippen MR) is 79.2 cm³/mol. The summed E-state index contributed by atoms with van der Waals surface area (Å²) in [6, 6.07) is 7.68. The quantitative estimate of drug-likeness (QED) is 0.628. The van der Waals surface area contributed by atoms with Crippen LogP contribution in [0.4, 0.5) is 0 Å². The van der Waals surface area contributed by atoms with E-state index in [2.05, 4.69) is 10.3 Å². The number of aromatic amines is 1. The van der Waals surface area contributed by atoms with E-state index in [0.29, 0.717) is 13.0 Å². The summed E-state index contributed by atoms with van der Waals surface area (Å²) in [5.74, 6) is -0.363. The first-order chi connectivity index (χ1) is 9.65. The number of para-hydroxylation sites is 1. The number of amides is 1. The van der Waals surface area contributed by atoms with Crippen molar-refractivity contribution < 1.29 is 9.90 Å². The monoisotopic (exact) mass is 275 g/mol. The van der Waals surface area contributed by atoms with E-state index in [1.165, 1.54) is 0 Å². The number of nitrogens with two attached hydrogens (primary N) is 1. The van der Waals surface area contributed by atoms with Crippen molar-refractivity contribution in [3.63, 3.8) is 0 Å². The van der Waals surface area contributed by atoms with E-state index in [9.17, 15) is 9.90 Å². The fourth-order valence-corrected chi connectivity index (χ4v) is 2.18. The van der Waals surface area contributed by atoms with Gasteiger partial charge in [0.1, 0.15) is 0 Å². The molecule has 5 nitrogen and oxygen atoms in total. The average Bonchev–Trinajstić information content (AvgIpc) is 2.88. The molecule has 5 heteroatoms. The van der Waals surface area contributed by atoms with Gasteiger partial charge in [-0.1, -0.05) is 25.1 Å². The molecule has 1 unspecified atom stereocenters. The van der Waals surface area contributed by atoms with E-state index in [0.717, 1.165) is 16.5 Å². The fourth-order valence-electron chi connectivity index (χ4n) is 2.18. The maximum atomic E-state index is 11.8. The van der Waals surface area contributed by atoms with Gasteiger partial charge < -0.3 is 21.1 Å². The van der Waals surface area contributed by atoms with Crippen molar-refractivity contribution >= 4 is 16.8 Å². The number of carbonyl (C=O) groups is 1. The lowest BCUT2D eigenvalue weighted by Crippen LogP contribution is -2.43. The molecule has 1 aromatic carbocycles. The molecule has 0 aliphatic heterocycles. The standard InChI is InChI=1S/C15H21N3O2/c1-10(7-16)15(20)18-12(9-19)6-11-8-17-14-5-3-2-4-13(11)14/h2-5,8,10,12,17,19H,6-7,9,16H2,1H3,(H,18,20)/t10-,12?/m1/s1. The van der Waals surface area contributed by atoms with Crippen LogP contribution in [0.2, 0.25) is 0 Å². The summed E-state index contributed by atoms with van der Waals surface area (Å²) in [5, 5.41) is 13.4. The van der Waals surface area contributed by atoms with Crippen LogP contribution < -0.4 is 11.1 Å². The van der Waals surface area contributed by atoms with Crippen LogP contribution in [0.1, 0.15) is 12.5 Å². The first kappa shape index (κ1) is 14.6. The third-order valence-corrected chi connectivity index (χ3v) is 3.51. The number of hydrogen-bond acceptors (Lipinski definition) is 3. The molecule has 0 aliphatic carbocycles. The van der Waals surface area contributed by atoms with Gasteiger partial charge in [-0.2, -0.15) is 0 Å². The van der Waals surface area contributed by atoms with Gasteiger partial charge in [-0.3, -0.25) is 4.79 Å². The number of aromatic nitrogens is 1. The second-order valence-electron chi connectivity index (χ2n) is 5.09. The molecular formula is C15H21N3O2. The Morgan fingerprint density at radius 1 is 1.45 bits per heavy atom.